The summed E-state index contributed by atoms with van der Waals surface area (Å²) in [7, 11) is 1.29. The summed E-state index contributed by atoms with van der Waals surface area (Å²) >= 11 is 0. The number of nitrogens with zero attached hydrogens (tertiary/aromatic N) is 2. The van der Waals surface area contributed by atoms with Crippen molar-refractivity contribution in [2.45, 2.75) is 38.4 Å². The molecule has 1 saturated carbocycles. The van der Waals surface area contributed by atoms with Gasteiger partial charge in [-0.05, 0) is 92.4 Å². The molecule has 1 aromatic heterocycles. The molecule has 5 rings (SSSR count). The Kier molecular flexibility index (Phi) is 7.77. The molecule has 0 saturated heterocycles. The third-order valence-corrected chi connectivity index (χ3v) is 6.54. The highest BCUT2D eigenvalue weighted by atomic mass is 16.5. The van der Waals surface area contributed by atoms with Gasteiger partial charge >= 0.3 is 5.97 Å². The Labute approximate surface area is 226 Å². The Hall–Kier alpha value is -4.79. The first-order chi connectivity index (χ1) is 19.0. The third-order valence-electron chi connectivity index (χ3n) is 6.54. The van der Waals surface area contributed by atoms with Gasteiger partial charge in [-0.25, -0.2) is 14.8 Å². The lowest BCUT2D eigenvalue weighted by Crippen LogP contribution is -2.13. The highest BCUT2D eigenvalue weighted by Gasteiger charge is 2.19. The Morgan fingerprint density at radius 2 is 1.85 bits per heavy atom. The number of aromatic nitrogens is 2. The van der Waals surface area contributed by atoms with E-state index >= 15 is 0 Å². The minimum atomic E-state index is -0.529. The fraction of sp³-hybridized carbons (Fsp3) is 0.233. The highest BCUT2D eigenvalue weighted by molar-refractivity contribution is 5.91. The van der Waals surface area contributed by atoms with E-state index in [1.807, 2.05) is 30.3 Å². The molecule has 1 aliphatic carbocycles. The van der Waals surface area contributed by atoms with Crippen molar-refractivity contribution in [2.24, 2.45) is 0 Å². The van der Waals surface area contributed by atoms with E-state index in [4.69, 9.17) is 19.9 Å². The average Bonchev–Trinajstić information content (AvgIpc) is 3.47. The number of carbonyl (C=O) groups excluding carboxylic acids is 1. The van der Waals surface area contributed by atoms with Crippen LogP contribution in [0.5, 0.6) is 17.2 Å². The summed E-state index contributed by atoms with van der Waals surface area (Å²) in [6.07, 6.45) is 6.25. The van der Waals surface area contributed by atoms with Gasteiger partial charge in [0.15, 0.2) is 0 Å². The first-order valence-corrected chi connectivity index (χ1v) is 12.8. The molecular weight excluding hydrogens is 496 g/mol. The summed E-state index contributed by atoms with van der Waals surface area (Å²) in [5.74, 6) is 1.23. The predicted molar refractivity (Wildman–Crippen MR) is 148 cm³/mol. The SMILES string of the molecule is COC(=O)c1ccc(-c2ccnc(Nc3ccc(OC4CCCC4)c(COc4ccc(N)cc4)c3)n2)c(O)c1. The van der Waals surface area contributed by atoms with E-state index in [9.17, 15) is 9.90 Å². The van der Waals surface area contributed by atoms with Gasteiger partial charge in [-0.1, -0.05) is 0 Å². The number of benzene rings is 3. The van der Waals surface area contributed by atoms with E-state index in [1.54, 1.807) is 36.5 Å². The second kappa shape index (κ2) is 11.7. The second-order valence-electron chi connectivity index (χ2n) is 9.32. The maximum atomic E-state index is 11.8. The van der Waals surface area contributed by atoms with Crippen molar-refractivity contribution in [1.82, 2.24) is 9.97 Å². The van der Waals surface area contributed by atoms with Gasteiger partial charge in [0.05, 0.1) is 24.5 Å². The molecule has 0 bridgehead atoms. The molecule has 1 heterocycles. The average molecular weight is 527 g/mol. The van der Waals surface area contributed by atoms with Crippen molar-refractivity contribution < 1.29 is 24.1 Å². The number of ether oxygens (including phenoxy) is 3. The van der Waals surface area contributed by atoms with E-state index in [2.05, 4.69) is 15.3 Å². The van der Waals surface area contributed by atoms with Crippen molar-refractivity contribution in [1.29, 1.82) is 0 Å². The number of phenolic OH excluding ortho intramolecular Hbond substituents is 1. The number of nitrogens with two attached hydrogens (primary N) is 1. The van der Waals surface area contributed by atoms with Crippen molar-refractivity contribution in [3.8, 4) is 28.5 Å². The molecule has 0 amide bonds. The van der Waals surface area contributed by atoms with E-state index in [0.29, 0.717) is 35.2 Å². The Balaban J connectivity index is 1.37. The predicted octanol–water partition coefficient (Wildman–Crippen LogP) is 5.86. The number of methoxy groups -OCH3 is 1. The van der Waals surface area contributed by atoms with Crippen LogP contribution in [-0.2, 0) is 11.3 Å². The Morgan fingerprint density at radius 1 is 1.05 bits per heavy atom. The number of aromatic hydroxyl groups is 1. The summed E-state index contributed by atoms with van der Waals surface area (Å²) in [6, 6.07) is 19.3. The van der Waals surface area contributed by atoms with Gasteiger partial charge in [-0.3, -0.25) is 0 Å². The van der Waals surface area contributed by atoms with Crippen LogP contribution in [0.3, 0.4) is 0 Å². The van der Waals surface area contributed by atoms with Gasteiger partial charge in [0.1, 0.15) is 23.9 Å². The van der Waals surface area contributed by atoms with Crippen LogP contribution in [0.4, 0.5) is 17.3 Å². The first-order valence-electron chi connectivity index (χ1n) is 12.8. The normalized spacial score (nSPS) is 13.2. The number of carbonyl (C=O) groups is 1. The van der Waals surface area contributed by atoms with Gasteiger partial charge < -0.3 is 30.4 Å². The quantitative estimate of drug-likeness (QED) is 0.181. The fourth-order valence-corrected chi connectivity index (χ4v) is 4.49. The van der Waals surface area contributed by atoms with Gasteiger partial charge in [0, 0.05) is 28.7 Å². The molecule has 4 N–H and O–H groups in total. The second-order valence-corrected chi connectivity index (χ2v) is 9.32. The molecule has 200 valence electrons. The number of nitrogen functional groups attached to an aromatic ring is 1. The van der Waals surface area contributed by atoms with Gasteiger partial charge in [-0.2, -0.15) is 0 Å². The molecule has 0 unspecified atom stereocenters. The third kappa shape index (κ3) is 6.38. The number of anilines is 3. The molecule has 0 aliphatic heterocycles. The van der Waals surface area contributed by atoms with Crippen LogP contribution in [0, 0.1) is 0 Å². The topological polar surface area (TPSA) is 129 Å². The molecule has 9 heteroatoms. The smallest absolute Gasteiger partial charge is 0.337 e. The molecule has 4 aromatic rings. The zero-order valence-electron chi connectivity index (χ0n) is 21.6. The van der Waals surface area contributed by atoms with Crippen molar-refractivity contribution in [3.63, 3.8) is 0 Å². The summed E-state index contributed by atoms with van der Waals surface area (Å²) in [4.78, 5) is 20.7. The number of phenols is 1. The maximum Gasteiger partial charge on any atom is 0.337 e. The van der Waals surface area contributed by atoms with Crippen LogP contribution in [0.15, 0.2) is 72.9 Å². The number of hydrogen-bond acceptors (Lipinski definition) is 9. The minimum absolute atomic E-state index is 0.0851. The standard InChI is InChI=1S/C30H30N4O5/c1-37-29(36)19-6-12-25(27(35)17-19)26-14-15-32-30(34-26)33-22-9-13-28(39-24-4-2-3-5-24)20(16-22)18-38-23-10-7-21(31)8-11-23/h6-17,24,35H,2-5,18,31H2,1H3,(H,32,33,34). The highest BCUT2D eigenvalue weighted by Crippen LogP contribution is 2.32. The lowest BCUT2D eigenvalue weighted by molar-refractivity contribution is 0.0600. The summed E-state index contributed by atoms with van der Waals surface area (Å²) in [5, 5.41) is 13.7. The largest absolute Gasteiger partial charge is 0.507 e. The summed E-state index contributed by atoms with van der Waals surface area (Å²) < 4.78 is 17.1. The summed E-state index contributed by atoms with van der Waals surface area (Å²) in [6.45, 7) is 0.308. The number of nitrogens with one attached hydrogen (secondary N) is 1. The van der Waals surface area contributed by atoms with Crippen molar-refractivity contribution in [2.75, 3.05) is 18.2 Å². The Bertz CT molecular complexity index is 1450. The Morgan fingerprint density at radius 3 is 2.59 bits per heavy atom. The zero-order valence-corrected chi connectivity index (χ0v) is 21.6. The van der Waals surface area contributed by atoms with Crippen LogP contribution >= 0.6 is 0 Å². The van der Waals surface area contributed by atoms with E-state index < -0.39 is 5.97 Å². The van der Waals surface area contributed by atoms with Crippen LogP contribution in [-0.4, -0.2) is 34.3 Å². The summed E-state index contributed by atoms with van der Waals surface area (Å²) in [5.41, 5.74) is 9.32. The van der Waals surface area contributed by atoms with Crippen molar-refractivity contribution >= 4 is 23.3 Å². The van der Waals surface area contributed by atoms with Gasteiger partial charge in [0.25, 0.3) is 0 Å². The molecule has 1 fully saturated rings. The zero-order chi connectivity index (χ0) is 27.2. The molecular formula is C30H30N4O5. The fourth-order valence-electron chi connectivity index (χ4n) is 4.49. The van der Waals surface area contributed by atoms with Crippen LogP contribution in [0.25, 0.3) is 11.3 Å². The monoisotopic (exact) mass is 526 g/mol. The first kappa shape index (κ1) is 25.8. The molecule has 0 radical (unpaired) electrons. The van der Waals surface area contributed by atoms with E-state index in [1.165, 1.54) is 26.0 Å². The number of rotatable bonds is 9. The molecule has 1 aliphatic rings. The number of esters is 1. The lowest BCUT2D eigenvalue weighted by atomic mass is 10.1. The maximum absolute atomic E-state index is 11.8. The molecule has 9 nitrogen and oxygen atoms in total. The molecule has 3 aromatic carbocycles. The van der Waals surface area contributed by atoms with Crippen LogP contribution in [0.1, 0.15) is 41.6 Å². The van der Waals surface area contributed by atoms with Crippen molar-refractivity contribution in [3.05, 3.63) is 84.1 Å². The van der Waals surface area contributed by atoms with Crippen LogP contribution in [0.2, 0.25) is 0 Å². The number of hydrogen-bond donors (Lipinski definition) is 3. The van der Waals surface area contributed by atoms with Gasteiger partial charge in [0.2, 0.25) is 5.95 Å². The molecule has 0 atom stereocenters. The lowest BCUT2D eigenvalue weighted by Gasteiger charge is -2.18. The van der Waals surface area contributed by atoms with E-state index in [-0.39, 0.29) is 17.4 Å². The molecule has 39 heavy (non-hydrogen) atoms. The minimum Gasteiger partial charge on any atom is -0.507 e. The van der Waals surface area contributed by atoms with E-state index in [0.717, 1.165) is 29.8 Å². The molecule has 0 spiro atoms. The van der Waals surface area contributed by atoms with Crippen LogP contribution < -0.4 is 20.5 Å². The van der Waals surface area contributed by atoms with Gasteiger partial charge in [-0.15, -0.1) is 0 Å².